The quantitative estimate of drug-likeness (QED) is 0.418. The summed E-state index contributed by atoms with van der Waals surface area (Å²) in [6, 6.07) is 10.3. The summed E-state index contributed by atoms with van der Waals surface area (Å²) in [7, 11) is 0. The van der Waals surface area contributed by atoms with E-state index < -0.39 is 11.3 Å². The molecule has 2 atom stereocenters. The molecule has 31 heavy (non-hydrogen) atoms. The van der Waals surface area contributed by atoms with Gasteiger partial charge in [0.05, 0.1) is 12.5 Å². The third kappa shape index (κ3) is 4.07. The number of carbonyl (C=O) groups excluding carboxylic acids is 2. The van der Waals surface area contributed by atoms with Crippen molar-refractivity contribution in [2.45, 2.75) is 61.3 Å². The average Bonchev–Trinajstić information content (AvgIpc) is 2.94. The van der Waals surface area contributed by atoms with E-state index in [2.05, 4.69) is 78.8 Å². The van der Waals surface area contributed by atoms with E-state index in [-0.39, 0.29) is 28.5 Å². The van der Waals surface area contributed by atoms with Gasteiger partial charge in [-0.1, -0.05) is 95.7 Å². The first kappa shape index (κ1) is 23.2. The minimum atomic E-state index is -0.670. The number of benzene rings is 1. The van der Waals surface area contributed by atoms with Crippen molar-refractivity contribution in [3.63, 3.8) is 0 Å². The first-order valence-electron chi connectivity index (χ1n) is 11.2. The highest BCUT2D eigenvalue weighted by molar-refractivity contribution is 6.11. The van der Waals surface area contributed by atoms with Gasteiger partial charge in [-0.05, 0) is 30.2 Å². The second-order valence-electron chi connectivity index (χ2n) is 10.9. The molecule has 1 aromatic rings. The number of rotatable bonds is 3. The van der Waals surface area contributed by atoms with Crippen LogP contribution in [0.5, 0.6) is 0 Å². The minimum Gasteiger partial charge on any atom is -0.466 e. The first-order chi connectivity index (χ1) is 14.3. The normalized spacial score (nSPS) is 23.4. The minimum absolute atomic E-state index is 0.0362. The van der Waals surface area contributed by atoms with Gasteiger partial charge in [0.25, 0.3) is 0 Å². The lowest BCUT2D eigenvalue weighted by molar-refractivity contribution is -0.148. The van der Waals surface area contributed by atoms with Gasteiger partial charge in [-0.25, -0.2) is 0 Å². The van der Waals surface area contributed by atoms with Crippen molar-refractivity contribution in [3.8, 4) is 0 Å². The highest BCUT2D eigenvalue weighted by atomic mass is 16.5. The van der Waals surface area contributed by atoms with E-state index in [9.17, 15) is 9.59 Å². The number of carbonyl (C=O) groups is 2. The van der Waals surface area contributed by atoms with Crippen LogP contribution in [0.4, 0.5) is 0 Å². The van der Waals surface area contributed by atoms with Crippen molar-refractivity contribution in [2.75, 3.05) is 6.61 Å². The van der Waals surface area contributed by atoms with Gasteiger partial charge < -0.3 is 4.74 Å². The third-order valence-corrected chi connectivity index (χ3v) is 6.49. The van der Waals surface area contributed by atoms with E-state index in [1.807, 2.05) is 25.1 Å². The van der Waals surface area contributed by atoms with E-state index in [0.29, 0.717) is 6.61 Å². The van der Waals surface area contributed by atoms with Crippen LogP contribution in [-0.2, 0) is 14.3 Å². The van der Waals surface area contributed by atoms with Crippen molar-refractivity contribution >= 4 is 11.8 Å². The van der Waals surface area contributed by atoms with Crippen molar-refractivity contribution in [3.05, 3.63) is 70.8 Å². The number of hydrogen-bond donors (Lipinski definition) is 0. The highest BCUT2D eigenvalue weighted by Gasteiger charge is 2.55. The van der Waals surface area contributed by atoms with Gasteiger partial charge in [-0.2, -0.15) is 0 Å². The summed E-state index contributed by atoms with van der Waals surface area (Å²) in [5.41, 5.74) is 2.48. The van der Waals surface area contributed by atoms with Gasteiger partial charge in [0.15, 0.2) is 5.78 Å². The Morgan fingerprint density at radius 3 is 1.94 bits per heavy atom. The zero-order valence-electron chi connectivity index (χ0n) is 20.2. The molecule has 1 spiro atoms. The molecule has 0 saturated heterocycles. The number of hydrogen-bond acceptors (Lipinski definition) is 3. The fraction of sp³-hybridized carbons (Fsp3) is 0.500. The van der Waals surface area contributed by atoms with Gasteiger partial charge in [-0.3, -0.25) is 9.59 Å². The molecule has 3 heteroatoms. The number of ketones is 1. The zero-order chi connectivity index (χ0) is 23.2. The van der Waals surface area contributed by atoms with Crippen LogP contribution >= 0.6 is 0 Å². The van der Waals surface area contributed by atoms with Crippen LogP contribution in [0.15, 0.2) is 65.3 Å². The van der Waals surface area contributed by atoms with Gasteiger partial charge in [0.1, 0.15) is 0 Å². The van der Waals surface area contributed by atoms with Gasteiger partial charge in [0.2, 0.25) is 0 Å². The maximum atomic E-state index is 13.6. The summed E-state index contributed by atoms with van der Waals surface area (Å²) in [5.74, 6) is -0.653. The van der Waals surface area contributed by atoms with Gasteiger partial charge in [0, 0.05) is 22.5 Å². The molecule has 0 fully saturated rings. The SMILES string of the molecule is CCOC(=O)[C@H]1C=C(C)[C@@H](c2ccccc2)C12C=C(C(C)(C)C)C(=O)C(C(C)(C)C)=C2. The van der Waals surface area contributed by atoms with Crippen molar-refractivity contribution < 1.29 is 14.3 Å². The summed E-state index contributed by atoms with van der Waals surface area (Å²) >= 11 is 0. The number of allylic oxidation sites excluding steroid dienone is 5. The standard InChI is InChI=1S/C28H36O3/c1-9-31-25(30)20-15-18(2)23(19-13-11-10-12-14-19)28(20)16-21(26(3,4)5)24(29)22(17-28)27(6,7)8/h10-17,20,23H,9H2,1-8H3/t20-,23+/m1/s1. The average molecular weight is 421 g/mol. The molecule has 1 aromatic carbocycles. The Hall–Kier alpha value is -2.42. The highest BCUT2D eigenvalue weighted by Crippen LogP contribution is 2.59. The smallest absolute Gasteiger partial charge is 0.314 e. The Bertz CT molecular complexity index is 928. The second-order valence-corrected chi connectivity index (χ2v) is 10.9. The van der Waals surface area contributed by atoms with E-state index in [4.69, 9.17) is 4.74 Å². The molecule has 0 N–H and O–H groups in total. The maximum Gasteiger partial charge on any atom is 0.314 e. The molecule has 0 aliphatic heterocycles. The van der Waals surface area contributed by atoms with Gasteiger partial charge >= 0.3 is 5.97 Å². The Labute approximate surface area is 187 Å². The molecule has 0 bridgehead atoms. The van der Waals surface area contributed by atoms with Crippen LogP contribution in [0.25, 0.3) is 0 Å². The van der Waals surface area contributed by atoms with Crippen LogP contribution < -0.4 is 0 Å². The molecule has 166 valence electrons. The first-order valence-corrected chi connectivity index (χ1v) is 11.2. The zero-order valence-corrected chi connectivity index (χ0v) is 20.2. The van der Waals surface area contributed by atoms with Crippen LogP contribution in [0.2, 0.25) is 0 Å². The van der Waals surface area contributed by atoms with E-state index in [0.717, 1.165) is 22.3 Å². The topological polar surface area (TPSA) is 43.4 Å². The number of esters is 1. The molecule has 0 radical (unpaired) electrons. The van der Waals surface area contributed by atoms with Crippen molar-refractivity contribution in [1.29, 1.82) is 0 Å². The molecule has 2 aliphatic carbocycles. The van der Waals surface area contributed by atoms with Crippen LogP contribution in [-0.4, -0.2) is 18.4 Å². The molecular weight excluding hydrogens is 384 g/mol. The molecular formula is C28H36O3. The predicted octanol–water partition coefficient (Wildman–Crippen LogP) is 6.42. The molecule has 0 heterocycles. The van der Waals surface area contributed by atoms with Crippen LogP contribution in [0, 0.1) is 22.2 Å². The predicted molar refractivity (Wildman–Crippen MR) is 126 cm³/mol. The summed E-state index contributed by atoms with van der Waals surface area (Å²) < 4.78 is 5.53. The molecule has 3 nitrogen and oxygen atoms in total. The molecule has 0 saturated carbocycles. The molecule has 2 aliphatic rings. The van der Waals surface area contributed by atoms with Crippen molar-refractivity contribution in [1.82, 2.24) is 0 Å². The lowest BCUT2D eigenvalue weighted by atomic mass is 9.59. The molecule has 0 amide bonds. The Morgan fingerprint density at radius 1 is 0.968 bits per heavy atom. The van der Waals surface area contributed by atoms with Gasteiger partial charge in [-0.15, -0.1) is 0 Å². The fourth-order valence-electron chi connectivity index (χ4n) is 5.06. The Balaban J connectivity index is 2.37. The largest absolute Gasteiger partial charge is 0.466 e. The number of Topliss-reactive ketones (excluding diaryl/α,β-unsaturated/α-hetero) is 1. The summed E-state index contributed by atoms with van der Waals surface area (Å²) in [5, 5.41) is 0. The lowest BCUT2D eigenvalue weighted by Crippen LogP contribution is -2.41. The fourth-order valence-corrected chi connectivity index (χ4v) is 5.06. The Morgan fingerprint density at radius 2 is 1.48 bits per heavy atom. The maximum absolute atomic E-state index is 13.6. The number of ether oxygens (including phenoxy) is 1. The van der Waals surface area contributed by atoms with E-state index >= 15 is 0 Å². The lowest BCUT2D eigenvalue weighted by Gasteiger charge is -2.43. The summed E-state index contributed by atoms with van der Waals surface area (Å²) in [4.78, 5) is 26.8. The third-order valence-electron chi connectivity index (χ3n) is 6.49. The molecule has 3 rings (SSSR count). The molecule has 0 aromatic heterocycles. The molecule has 0 unspecified atom stereocenters. The van der Waals surface area contributed by atoms with Crippen molar-refractivity contribution in [2.24, 2.45) is 22.2 Å². The monoisotopic (exact) mass is 420 g/mol. The van der Waals surface area contributed by atoms with E-state index in [1.165, 1.54) is 0 Å². The summed E-state index contributed by atoms with van der Waals surface area (Å²) in [6.45, 7) is 16.7. The van der Waals surface area contributed by atoms with E-state index in [1.54, 1.807) is 0 Å². The van der Waals surface area contributed by atoms with Crippen LogP contribution in [0.1, 0.15) is 66.9 Å². The summed E-state index contributed by atoms with van der Waals surface area (Å²) in [6.07, 6.45) is 6.24. The van der Waals surface area contributed by atoms with Crippen LogP contribution in [0.3, 0.4) is 0 Å². The Kier molecular flexibility index (Phi) is 5.94. The second kappa shape index (κ2) is 7.93.